The lowest BCUT2D eigenvalue weighted by Crippen LogP contribution is -2.54. The molecule has 1 saturated heterocycles. The van der Waals surface area contributed by atoms with E-state index < -0.39 is 5.60 Å². The predicted octanol–water partition coefficient (Wildman–Crippen LogP) is 4.97. The van der Waals surface area contributed by atoms with Crippen LogP contribution in [0.4, 0.5) is 4.79 Å². The van der Waals surface area contributed by atoms with Crippen molar-refractivity contribution < 1.29 is 9.53 Å². The van der Waals surface area contributed by atoms with Crippen LogP contribution in [0.2, 0.25) is 0 Å². The zero-order valence-corrected chi connectivity index (χ0v) is 17.7. The van der Waals surface area contributed by atoms with Crippen molar-refractivity contribution in [1.82, 2.24) is 10.2 Å². The van der Waals surface area contributed by atoms with E-state index >= 15 is 0 Å². The first kappa shape index (κ1) is 20.5. The van der Waals surface area contributed by atoms with Crippen LogP contribution in [0.15, 0.2) is 0 Å². The van der Waals surface area contributed by atoms with Crippen LogP contribution in [0.3, 0.4) is 0 Å². The number of hydrogen-bond donors (Lipinski definition) is 1. The van der Waals surface area contributed by atoms with Gasteiger partial charge in [-0.25, -0.2) is 4.79 Å². The Kier molecular flexibility index (Phi) is 5.83. The van der Waals surface area contributed by atoms with Crippen molar-refractivity contribution in [2.24, 2.45) is 10.8 Å². The molecule has 0 spiro atoms. The molecule has 4 heteroatoms. The zero-order chi connectivity index (χ0) is 19.0. The van der Waals surface area contributed by atoms with Gasteiger partial charge in [-0.2, -0.15) is 0 Å². The molecule has 2 atom stereocenters. The minimum Gasteiger partial charge on any atom is -0.444 e. The maximum Gasteiger partial charge on any atom is 0.410 e. The molecule has 25 heavy (non-hydrogen) atoms. The SMILES string of the molecule is CC1CC(NC2CC(C)(C)CC(C)(C)C2)CCN1C(=O)OC(C)(C)C. The molecule has 0 bridgehead atoms. The van der Waals surface area contributed by atoms with Crippen LogP contribution in [0.25, 0.3) is 0 Å². The van der Waals surface area contributed by atoms with Gasteiger partial charge >= 0.3 is 6.09 Å². The van der Waals surface area contributed by atoms with Gasteiger partial charge in [-0.3, -0.25) is 0 Å². The number of nitrogens with one attached hydrogen (secondary N) is 1. The molecule has 1 aliphatic carbocycles. The van der Waals surface area contributed by atoms with Crippen molar-refractivity contribution in [2.45, 2.75) is 111 Å². The molecular formula is C21H40N2O2. The van der Waals surface area contributed by atoms with Gasteiger partial charge in [0, 0.05) is 24.7 Å². The summed E-state index contributed by atoms with van der Waals surface area (Å²) in [7, 11) is 0. The average molecular weight is 353 g/mol. The molecular weight excluding hydrogens is 312 g/mol. The van der Waals surface area contributed by atoms with Gasteiger partial charge in [0.2, 0.25) is 0 Å². The third-order valence-corrected chi connectivity index (χ3v) is 5.53. The highest BCUT2D eigenvalue weighted by molar-refractivity contribution is 5.68. The van der Waals surface area contributed by atoms with Crippen molar-refractivity contribution in [3.63, 3.8) is 0 Å². The van der Waals surface area contributed by atoms with E-state index in [1.165, 1.54) is 19.3 Å². The molecule has 1 amide bonds. The fraction of sp³-hybridized carbons (Fsp3) is 0.952. The predicted molar refractivity (Wildman–Crippen MR) is 104 cm³/mol. The fourth-order valence-corrected chi connectivity index (χ4v) is 5.21. The summed E-state index contributed by atoms with van der Waals surface area (Å²) in [5.74, 6) is 0. The highest BCUT2D eigenvalue weighted by Crippen LogP contribution is 2.45. The number of likely N-dealkylation sites (tertiary alicyclic amines) is 1. The lowest BCUT2D eigenvalue weighted by Gasteiger charge is -2.47. The standard InChI is InChI=1S/C21H40N2O2/c1-15-11-16(9-10-23(15)18(24)25-19(2,3)4)22-17-12-20(5,6)14-21(7,8)13-17/h15-17,22H,9-14H2,1-8H3. The Morgan fingerprint density at radius 2 is 1.64 bits per heavy atom. The third kappa shape index (κ3) is 6.16. The number of carbonyl (C=O) groups is 1. The summed E-state index contributed by atoms with van der Waals surface area (Å²) < 4.78 is 5.55. The Morgan fingerprint density at radius 1 is 1.08 bits per heavy atom. The van der Waals surface area contributed by atoms with E-state index in [4.69, 9.17) is 4.74 Å². The number of ether oxygens (including phenoxy) is 1. The van der Waals surface area contributed by atoms with Crippen LogP contribution >= 0.6 is 0 Å². The molecule has 0 aromatic rings. The molecule has 0 aromatic heterocycles. The summed E-state index contributed by atoms with van der Waals surface area (Å²) in [6.07, 6.45) is 5.65. The Hall–Kier alpha value is -0.770. The molecule has 4 nitrogen and oxygen atoms in total. The van der Waals surface area contributed by atoms with E-state index in [1.54, 1.807) is 0 Å². The minimum atomic E-state index is -0.425. The largest absolute Gasteiger partial charge is 0.444 e. The van der Waals surface area contributed by atoms with Crippen LogP contribution in [0.1, 0.15) is 87.5 Å². The van der Waals surface area contributed by atoms with E-state index in [9.17, 15) is 4.79 Å². The molecule has 2 aliphatic rings. The van der Waals surface area contributed by atoms with Crippen LogP contribution < -0.4 is 5.32 Å². The minimum absolute atomic E-state index is 0.168. The maximum absolute atomic E-state index is 12.4. The topological polar surface area (TPSA) is 41.6 Å². The summed E-state index contributed by atoms with van der Waals surface area (Å²) in [5, 5.41) is 3.93. The van der Waals surface area contributed by atoms with Gasteiger partial charge in [-0.15, -0.1) is 0 Å². The molecule has 1 aliphatic heterocycles. The number of amides is 1. The smallest absolute Gasteiger partial charge is 0.410 e. The van der Waals surface area contributed by atoms with E-state index in [0.717, 1.165) is 19.4 Å². The number of hydrogen-bond acceptors (Lipinski definition) is 3. The maximum atomic E-state index is 12.4. The van der Waals surface area contributed by atoms with Gasteiger partial charge < -0.3 is 15.0 Å². The van der Waals surface area contributed by atoms with Crippen molar-refractivity contribution in [2.75, 3.05) is 6.54 Å². The number of rotatable bonds is 2. The lowest BCUT2D eigenvalue weighted by atomic mass is 9.63. The Bertz CT molecular complexity index is 463. The molecule has 2 rings (SSSR count). The number of carbonyl (C=O) groups excluding carboxylic acids is 1. The van der Waals surface area contributed by atoms with Gasteiger partial charge in [0.05, 0.1) is 0 Å². The average Bonchev–Trinajstić information content (AvgIpc) is 2.32. The zero-order valence-electron chi connectivity index (χ0n) is 17.7. The van der Waals surface area contributed by atoms with Crippen LogP contribution in [0.5, 0.6) is 0 Å². The monoisotopic (exact) mass is 352 g/mol. The van der Waals surface area contributed by atoms with Crippen molar-refractivity contribution in [3.8, 4) is 0 Å². The molecule has 146 valence electrons. The quantitative estimate of drug-likeness (QED) is 0.763. The second-order valence-corrected chi connectivity index (χ2v) is 11.0. The fourth-order valence-electron chi connectivity index (χ4n) is 5.21. The third-order valence-electron chi connectivity index (χ3n) is 5.53. The van der Waals surface area contributed by atoms with E-state index in [0.29, 0.717) is 22.9 Å². The Morgan fingerprint density at radius 3 is 2.12 bits per heavy atom. The van der Waals surface area contributed by atoms with Crippen LogP contribution in [-0.2, 0) is 4.74 Å². The molecule has 1 saturated carbocycles. The molecule has 0 aromatic carbocycles. The van der Waals surface area contributed by atoms with Gasteiger partial charge in [-0.05, 0) is 70.6 Å². The van der Waals surface area contributed by atoms with Crippen molar-refractivity contribution in [1.29, 1.82) is 0 Å². The van der Waals surface area contributed by atoms with Gasteiger partial charge in [0.25, 0.3) is 0 Å². The molecule has 1 heterocycles. The summed E-state index contributed by atoms with van der Waals surface area (Å²) in [6, 6.07) is 1.32. The Labute approximate surface area is 155 Å². The van der Waals surface area contributed by atoms with Gasteiger partial charge in [-0.1, -0.05) is 27.7 Å². The lowest BCUT2D eigenvalue weighted by molar-refractivity contribution is 0.00744. The van der Waals surface area contributed by atoms with Gasteiger partial charge in [0.1, 0.15) is 5.60 Å². The normalized spacial score (nSPS) is 30.2. The number of nitrogens with zero attached hydrogens (tertiary/aromatic N) is 1. The van der Waals surface area contributed by atoms with E-state index in [-0.39, 0.29) is 12.1 Å². The first-order valence-electron chi connectivity index (χ1n) is 10.0. The molecule has 0 radical (unpaired) electrons. The van der Waals surface area contributed by atoms with E-state index in [1.807, 2.05) is 25.7 Å². The first-order chi connectivity index (χ1) is 11.3. The summed E-state index contributed by atoms with van der Waals surface area (Å²) in [5.41, 5.74) is 0.385. The van der Waals surface area contributed by atoms with Gasteiger partial charge in [0.15, 0.2) is 0 Å². The van der Waals surface area contributed by atoms with Crippen molar-refractivity contribution >= 4 is 6.09 Å². The summed E-state index contributed by atoms with van der Waals surface area (Å²) in [4.78, 5) is 14.3. The van der Waals surface area contributed by atoms with Crippen LogP contribution in [-0.4, -0.2) is 41.3 Å². The second kappa shape index (κ2) is 7.09. The van der Waals surface area contributed by atoms with E-state index in [2.05, 4.69) is 39.9 Å². The molecule has 2 unspecified atom stereocenters. The molecule has 1 N–H and O–H groups in total. The highest BCUT2D eigenvalue weighted by atomic mass is 16.6. The summed E-state index contributed by atoms with van der Waals surface area (Å²) >= 11 is 0. The summed E-state index contributed by atoms with van der Waals surface area (Å²) in [6.45, 7) is 18.3. The molecule has 2 fully saturated rings. The van der Waals surface area contributed by atoms with Crippen molar-refractivity contribution in [3.05, 3.63) is 0 Å². The Balaban J connectivity index is 1.89. The number of piperidine rings is 1. The second-order valence-electron chi connectivity index (χ2n) is 11.0. The first-order valence-corrected chi connectivity index (χ1v) is 10.0. The van der Waals surface area contributed by atoms with Crippen LogP contribution in [0, 0.1) is 10.8 Å². The highest BCUT2D eigenvalue weighted by Gasteiger charge is 2.40.